The van der Waals surface area contributed by atoms with Gasteiger partial charge < -0.3 is 9.80 Å². The molecule has 1 saturated heterocycles. The predicted octanol–water partition coefficient (Wildman–Crippen LogP) is -0.230. The van der Waals surface area contributed by atoms with E-state index in [-0.39, 0.29) is 17.5 Å². The molecule has 2 heterocycles. The van der Waals surface area contributed by atoms with E-state index in [9.17, 15) is 8.42 Å². The van der Waals surface area contributed by atoms with Crippen molar-refractivity contribution in [3.05, 3.63) is 0 Å². The van der Waals surface area contributed by atoms with Crippen LogP contribution in [0.25, 0.3) is 0 Å². The van der Waals surface area contributed by atoms with Crippen molar-refractivity contribution >= 4 is 21.7 Å². The number of sulfone groups is 1. The molecule has 1 aromatic heterocycles. The van der Waals surface area contributed by atoms with E-state index in [4.69, 9.17) is 0 Å². The SMILES string of the molecule is CN(C)c1nc(N(C)C)n([C@H]2CCS(=O)(=O)C2)n1. The molecule has 0 saturated carbocycles. The lowest BCUT2D eigenvalue weighted by Crippen LogP contribution is -2.20. The van der Waals surface area contributed by atoms with Crippen molar-refractivity contribution in [1.82, 2.24) is 14.8 Å². The second kappa shape index (κ2) is 4.42. The Morgan fingerprint density at radius 1 is 1.22 bits per heavy atom. The second-order valence-corrected chi connectivity index (χ2v) is 7.23. The van der Waals surface area contributed by atoms with Crippen LogP contribution in [0.15, 0.2) is 0 Å². The Labute approximate surface area is 107 Å². The van der Waals surface area contributed by atoms with Crippen LogP contribution in [-0.2, 0) is 9.84 Å². The fourth-order valence-corrected chi connectivity index (χ4v) is 3.70. The minimum atomic E-state index is -2.92. The summed E-state index contributed by atoms with van der Waals surface area (Å²) in [5.74, 6) is 1.69. The third-order valence-electron chi connectivity index (χ3n) is 2.96. The maximum Gasteiger partial charge on any atom is 0.246 e. The molecule has 0 N–H and O–H groups in total. The molecule has 0 aromatic carbocycles. The third-order valence-corrected chi connectivity index (χ3v) is 4.71. The van der Waals surface area contributed by atoms with Crippen LogP contribution in [0.4, 0.5) is 11.9 Å². The van der Waals surface area contributed by atoms with E-state index >= 15 is 0 Å². The van der Waals surface area contributed by atoms with E-state index in [0.717, 1.165) is 0 Å². The second-order valence-electron chi connectivity index (χ2n) is 5.00. The maximum absolute atomic E-state index is 11.6. The minimum absolute atomic E-state index is 0.103. The van der Waals surface area contributed by atoms with E-state index in [2.05, 4.69) is 10.1 Å². The first-order chi connectivity index (χ1) is 8.30. The van der Waals surface area contributed by atoms with Crippen LogP contribution in [0.2, 0.25) is 0 Å². The molecule has 1 aliphatic heterocycles. The van der Waals surface area contributed by atoms with Crippen LogP contribution in [0.1, 0.15) is 12.5 Å². The zero-order valence-corrected chi connectivity index (χ0v) is 12.0. The summed E-state index contributed by atoms with van der Waals surface area (Å²) >= 11 is 0. The van der Waals surface area contributed by atoms with Crippen molar-refractivity contribution in [3.63, 3.8) is 0 Å². The fraction of sp³-hybridized carbons (Fsp3) is 0.800. The van der Waals surface area contributed by atoms with Crippen LogP contribution in [0.5, 0.6) is 0 Å². The van der Waals surface area contributed by atoms with Gasteiger partial charge in [-0.1, -0.05) is 0 Å². The Morgan fingerprint density at radius 2 is 1.89 bits per heavy atom. The molecule has 0 bridgehead atoms. The quantitative estimate of drug-likeness (QED) is 0.757. The van der Waals surface area contributed by atoms with Crippen molar-refractivity contribution in [2.24, 2.45) is 0 Å². The first-order valence-corrected chi connectivity index (χ1v) is 7.64. The van der Waals surface area contributed by atoms with Gasteiger partial charge in [-0.25, -0.2) is 13.1 Å². The number of anilines is 2. The minimum Gasteiger partial charge on any atom is -0.347 e. The van der Waals surface area contributed by atoms with Gasteiger partial charge in [0.25, 0.3) is 0 Å². The van der Waals surface area contributed by atoms with Crippen LogP contribution in [-0.4, -0.2) is 62.9 Å². The van der Waals surface area contributed by atoms with Gasteiger partial charge in [0, 0.05) is 28.2 Å². The fourth-order valence-electron chi connectivity index (χ4n) is 2.01. The molecule has 18 heavy (non-hydrogen) atoms. The monoisotopic (exact) mass is 273 g/mol. The van der Waals surface area contributed by atoms with Crippen molar-refractivity contribution in [3.8, 4) is 0 Å². The molecule has 0 aliphatic carbocycles. The Hall–Kier alpha value is -1.31. The van der Waals surface area contributed by atoms with Gasteiger partial charge in [-0.3, -0.25) is 0 Å². The van der Waals surface area contributed by atoms with Crippen LogP contribution >= 0.6 is 0 Å². The lowest BCUT2D eigenvalue weighted by Gasteiger charge is -2.16. The summed E-state index contributed by atoms with van der Waals surface area (Å²) in [6.07, 6.45) is 0.611. The first kappa shape index (κ1) is 13.1. The summed E-state index contributed by atoms with van der Waals surface area (Å²) in [5, 5.41) is 4.40. The zero-order chi connectivity index (χ0) is 13.5. The lowest BCUT2D eigenvalue weighted by molar-refractivity contribution is 0.499. The van der Waals surface area contributed by atoms with Crippen molar-refractivity contribution < 1.29 is 8.42 Å². The van der Waals surface area contributed by atoms with Gasteiger partial charge in [-0.05, 0) is 6.42 Å². The molecule has 1 fully saturated rings. The average Bonchev–Trinajstić information content (AvgIpc) is 2.80. The summed E-state index contributed by atoms with van der Waals surface area (Å²) in [6.45, 7) is 0. The first-order valence-electron chi connectivity index (χ1n) is 5.82. The standard InChI is InChI=1S/C10H19N5O2S/c1-13(2)9-11-10(14(3)4)15(12-9)8-5-6-18(16,17)7-8/h8H,5-7H2,1-4H3/t8-/m0/s1. The Morgan fingerprint density at radius 3 is 2.33 bits per heavy atom. The van der Waals surface area contributed by atoms with E-state index in [0.29, 0.717) is 18.3 Å². The number of hydrogen-bond donors (Lipinski definition) is 0. The normalized spacial score (nSPS) is 22.1. The van der Waals surface area contributed by atoms with E-state index in [1.165, 1.54) is 0 Å². The largest absolute Gasteiger partial charge is 0.347 e. The topological polar surface area (TPSA) is 71.3 Å². The number of rotatable bonds is 3. The van der Waals surface area contributed by atoms with E-state index in [1.807, 2.05) is 38.0 Å². The molecule has 7 nitrogen and oxygen atoms in total. The molecule has 8 heteroatoms. The molecule has 0 unspecified atom stereocenters. The van der Waals surface area contributed by atoms with Crippen molar-refractivity contribution in [2.45, 2.75) is 12.5 Å². The summed E-state index contributed by atoms with van der Waals surface area (Å²) in [4.78, 5) is 8.08. The van der Waals surface area contributed by atoms with Crippen LogP contribution in [0, 0.1) is 0 Å². The van der Waals surface area contributed by atoms with Gasteiger partial charge in [0.1, 0.15) is 0 Å². The summed E-state index contributed by atoms with van der Waals surface area (Å²) in [6, 6.07) is -0.103. The van der Waals surface area contributed by atoms with Gasteiger partial charge in [0.15, 0.2) is 9.84 Å². The van der Waals surface area contributed by atoms with Crippen LogP contribution in [0.3, 0.4) is 0 Å². The maximum atomic E-state index is 11.6. The van der Waals surface area contributed by atoms with Crippen molar-refractivity contribution in [1.29, 1.82) is 0 Å². The zero-order valence-electron chi connectivity index (χ0n) is 11.2. The molecule has 0 spiro atoms. The van der Waals surface area contributed by atoms with Gasteiger partial charge >= 0.3 is 0 Å². The highest BCUT2D eigenvalue weighted by atomic mass is 32.2. The van der Waals surface area contributed by atoms with Gasteiger partial charge in [0.05, 0.1) is 17.5 Å². The highest BCUT2D eigenvalue weighted by Gasteiger charge is 2.32. The summed E-state index contributed by atoms with van der Waals surface area (Å²) in [7, 11) is 4.57. The molecule has 1 aliphatic rings. The highest BCUT2D eigenvalue weighted by molar-refractivity contribution is 7.91. The van der Waals surface area contributed by atoms with Crippen LogP contribution < -0.4 is 9.80 Å². The Bertz CT molecular complexity index is 534. The molecule has 1 atom stereocenters. The van der Waals surface area contributed by atoms with E-state index < -0.39 is 9.84 Å². The molecule has 1 aromatic rings. The lowest BCUT2D eigenvalue weighted by atomic mass is 10.3. The third kappa shape index (κ3) is 2.43. The molecule has 0 radical (unpaired) electrons. The smallest absolute Gasteiger partial charge is 0.246 e. The van der Waals surface area contributed by atoms with Gasteiger partial charge in [-0.2, -0.15) is 4.98 Å². The number of hydrogen-bond acceptors (Lipinski definition) is 6. The molecule has 0 amide bonds. The Balaban J connectivity index is 2.37. The number of aromatic nitrogens is 3. The highest BCUT2D eigenvalue weighted by Crippen LogP contribution is 2.27. The number of nitrogens with zero attached hydrogens (tertiary/aromatic N) is 5. The Kier molecular flexibility index (Phi) is 3.22. The predicted molar refractivity (Wildman–Crippen MR) is 71.0 cm³/mol. The molecular formula is C10H19N5O2S. The van der Waals surface area contributed by atoms with E-state index in [1.54, 1.807) is 4.68 Å². The molecule has 102 valence electrons. The molecular weight excluding hydrogens is 254 g/mol. The van der Waals surface area contributed by atoms with Crippen molar-refractivity contribution in [2.75, 3.05) is 49.5 Å². The average molecular weight is 273 g/mol. The summed E-state index contributed by atoms with van der Waals surface area (Å²) in [5.41, 5.74) is 0. The summed E-state index contributed by atoms with van der Waals surface area (Å²) < 4.78 is 24.8. The van der Waals surface area contributed by atoms with Gasteiger partial charge in [0.2, 0.25) is 11.9 Å². The van der Waals surface area contributed by atoms with Gasteiger partial charge in [-0.15, -0.1) is 5.10 Å². The molecule has 2 rings (SSSR count).